The Bertz CT molecular complexity index is 355. The summed E-state index contributed by atoms with van der Waals surface area (Å²) in [4.78, 5) is 23.2. The molecule has 1 heterocycles. The molecule has 3 N–H and O–H groups in total. The first-order valence-corrected chi connectivity index (χ1v) is 6.90. The topological polar surface area (TPSA) is 87.7 Å². The van der Waals surface area contributed by atoms with Crippen LogP contribution < -0.4 is 10.6 Å². The van der Waals surface area contributed by atoms with Crippen LogP contribution in [0.2, 0.25) is 0 Å². The van der Waals surface area contributed by atoms with Crippen molar-refractivity contribution in [3.63, 3.8) is 0 Å². The second-order valence-corrected chi connectivity index (χ2v) is 5.67. The van der Waals surface area contributed by atoms with E-state index in [2.05, 4.69) is 10.6 Å². The molecule has 0 spiro atoms. The molecule has 2 amide bonds. The van der Waals surface area contributed by atoms with Crippen molar-refractivity contribution in [3.05, 3.63) is 0 Å². The molecule has 2 fully saturated rings. The number of hydrogen-bond donors (Lipinski definition) is 3. The van der Waals surface area contributed by atoms with Gasteiger partial charge < -0.3 is 20.5 Å². The summed E-state index contributed by atoms with van der Waals surface area (Å²) in [6, 6.07) is -0.414. The minimum atomic E-state index is -0.840. The number of ether oxygens (including phenoxy) is 1. The average molecular weight is 270 g/mol. The molecule has 108 valence electrons. The van der Waals surface area contributed by atoms with Gasteiger partial charge in [0.15, 0.2) is 0 Å². The predicted molar refractivity (Wildman–Crippen MR) is 68.9 cm³/mol. The smallest absolute Gasteiger partial charge is 0.315 e. The molecule has 6 nitrogen and oxygen atoms in total. The zero-order valence-electron chi connectivity index (χ0n) is 11.3. The number of carbonyl (C=O) groups is 2. The van der Waals surface area contributed by atoms with Crippen LogP contribution in [0.15, 0.2) is 0 Å². The molecule has 0 aromatic rings. The van der Waals surface area contributed by atoms with Gasteiger partial charge in [-0.2, -0.15) is 0 Å². The summed E-state index contributed by atoms with van der Waals surface area (Å²) in [6.45, 7) is 3.05. The molecule has 0 bridgehead atoms. The predicted octanol–water partition coefficient (Wildman–Crippen LogP) is 1.11. The summed E-state index contributed by atoms with van der Waals surface area (Å²) in [5.74, 6) is -0.832. The van der Waals surface area contributed by atoms with Crippen molar-refractivity contribution in [2.45, 2.75) is 51.1 Å². The van der Waals surface area contributed by atoms with Crippen LogP contribution in [0.5, 0.6) is 0 Å². The van der Waals surface area contributed by atoms with E-state index < -0.39 is 11.4 Å². The molecule has 1 aliphatic carbocycles. The summed E-state index contributed by atoms with van der Waals surface area (Å²) < 4.78 is 5.23. The fourth-order valence-corrected chi connectivity index (χ4v) is 2.88. The molecule has 1 saturated heterocycles. The molecule has 1 aliphatic heterocycles. The van der Waals surface area contributed by atoms with Crippen LogP contribution in [0.3, 0.4) is 0 Å². The lowest BCUT2D eigenvalue weighted by Gasteiger charge is -2.29. The van der Waals surface area contributed by atoms with Crippen LogP contribution in [0, 0.1) is 5.41 Å². The van der Waals surface area contributed by atoms with Gasteiger partial charge in [0.2, 0.25) is 0 Å². The van der Waals surface area contributed by atoms with Crippen molar-refractivity contribution in [1.29, 1.82) is 0 Å². The fourth-order valence-electron chi connectivity index (χ4n) is 2.88. The first-order valence-electron chi connectivity index (χ1n) is 6.90. The zero-order chi connectivity index (χ0) is 13.9. The highest BCUT2D eigenvalue weighted by molar-refractivity contribution is 5.79. The fraction of sp³-hybridized carbons (Fsp3) is 0.846. The minimum Gasteiger partial charge on any atom is -0.481 e. The van der Waals surface area contributed by atoms with Gasteiger partial charge >= 0.3 is 12.0 Å². The van der Waals surface area contributed by atoms with E-state index in [0.29, 0.717) is 19.6 Å². The molecule has 0 aromatic carbocycles. The van der Waals surface area contributed by atoms with Gasteiger partial charge in [-0.1, -0.05) is 6.42 Å². The number of amides is 2. The van der Waals surface area contributed by atoms with Crippen LogP contribution in [0.4, 0.5) is 4.79 Å². The van der Waals surface area contributed by atoms with Crippen molar-refractivity contribution < 1.29 is 19.4 Å². The number of carboxylic acids is 1. The molecule has 1 saturated carbocycles. The first-order chi connectivity index (χ1) is 9.02. The highest BCUT2D eigenvalue weighted by Gasteiger charge is 2.46. The number of urea groups is 1. The van der Waals surface area contributed by atoms with Gasteiger partial charge in [0.25, 0.3) is 0 Å². The quantitative estimate of drug-likeness (QED) is 0.717. The van der Waals surface area contributed by atoms with Crippen molar-refractivity contribution in [2.75, 3.05) is 13.2 Å². The molecule has 2 rings (SSSR count). The maximum atomic E-state index is 11.9. The Labute approximate surface area is 112 Å². The van der Waals surface area contributed by atoms with Gasteiger partial charge in [-0.25, -0.2) is 4.79 Å². The number of hydrogen-bond acceptors (Lipinski definition) is 3. The zero-order valence-corrected chi connectivity index (χ0v) is 11.3. The summed E-state index contributed by atoms with van der Waals surface area (Å²) in [7, 11) is 0. The van der Waals surface area contributed by atoms with Crippen molar-refractivity contribution in [3.8, 4) is 0 Å². The Morgan fingerprint density at radius 3 is 2.53 bits per heavy atom. The van der Waals surface area contributed by atoms with Gasteiger partial charge in [-0.15, -0.1) is 0 Å². The summed E-state index contributed by atoms with van der Waals surface area (Å²) in [5.41, 5.74) is -0.840. The molecule has 2 aliphatic rings. The molecule has 19 heavy (non-hydrogen) atoms. The van der Waals surface area contributed by atoms with E-state index in [1.807, 2.05) is 0 Å². The highest BCUT2D eigenvalue weighted by Crippen LogP contribution is 2.38. The van der Waals surface area contributed by atoms with Crippen LogP contribution in [0.25, 0.3) is 0 Å². The third kappa shape index (κ3) is 3.18. The van der Waals surface area contributed by atoms with E-state index in [0.717, 1.165) is 25.7 Å². The lowest BCUT2D eigenvalue weighted by molar-refractivity contribution is -0.148. The molecule has 6 heteroatoms. The van der Waals surface area contributed by atoms with E-state index in [1.165, 1.54) is 0 Å². The SMILES string of the molecule is CC1(C(=O)O)CCCC1NC(=O)NC1CCOCC1. The molecular formula is C13H22N2O4. The van der Waals surface area contributed by atoms with E-state index >= 15 is 0 Å². The number of nitrogens with one attached hydrogen (secondary N) is 2. The van der Waals surface area contributed by atoms with Crippen LogP contribution in [-0.4, -0.2) is 42.4 Å². The van der Waals surface area contributed by atoms with E-state index in [4.69, 9.17) is 4.74 Å². The van der Waals surface area contributed by atoms with Crippen LogP contribution >= 0.6 is 0 Å². The maximum Gasteiger partial charge on any atom is 0.315 e. The van der Waals surface area contributed by atoms with Gasteiger partial charge in [-0.3, -0.25) is 4.79 Å². The second-order valence-electron chi connectivity index (χ2n) is 5.67. The Balaban J connectivity index is 1.86. The molecule has 0 radical (unpaired) electrons. The maximum absolute atomic E-state index is 11.9. The Hall–Kier alpha value is -1.30. The van der Waals surface area contributed by atoms with Gasteiger partial charge in [0.05, 0.1) is 5.41 Å². The lowest BCUT2D eigenvalue weighted by atomic mass is 9.85. The highest BCUT2D eigenvalue weighted by atomic mass is 16.5. The molecular weight excluding hydrogens is 248 g/mol. The van der Waals surface area contributed by atoms with Gasteiger partial charge in [-0.05, 0) is 32.6 Å². The number of carboxylic acid groups (broad SMARTS) is 1. The van der Waals surface area contributed by atoms with Gasteiger partial charge in [0.1, 0.15) is 0 Å². The lowest BCUT2D eigenvalue weighted by Crippen LogP contribution is -2.52. The normalized spacial score (nSPS) is 31.9. The second kappa shape index (κ2) is 5.77. The van der Waals surface area contributed by atoms with Crippen LogP contribution in [0.1, 0.15) is 39.0 Å². The largest absolute Gasteiger partial charge is 0.481 e. The van der Waals surface area contributed by atoms with Crippen molar-refractivity contribution >= 4 is 12.0 Å². The Morgan fingerprint density at radius 2 is 1.89 bits per heavy atom. The molecule has 2 unspecified atom stereocenters. The number of aliphatic carboxylic acids is 1. The third-order valence-electron chi connectivity index (χ3n) is 4.31. The molecule has 0 aromatic heterocycles. The van der Waals surface area contributed by atoms with E-state index in [9.17, 15) is 14.7 Å². The van der Waals surface area contributed by atoms with E-state index in [1.54, 1.807) is 6.92 Å². The summed E-state index contributed by atoms with van der Waals surface area (Å²) in [6.07, 6.45) is 3.81. The van der Waals surface area contributed by atoms with Gasteiger partial charge in [0, 0.05) is 25.3 Å². The van der Waals surface area contributed by atoms with Crippen LogP contribution in [-0.2, 0) is 9.53 Å². The molecule has 2 atom stereocenters. The minimum absolute atomic E-state index is 0.131. The first kappa shape index (κ1) is 14.1. The summed E-state index contributed by atoms with van der Waals surface area (Å²) >= 11 is 0. The monoisotopic (exact) mass is 270 g/mol. The Kier molecular flexibility index (Phi) is 4.29. The van der Waals surface area contributed by atoms with E-state index in [-0.39, 0.29) is 18.1 Å². The van der Waals surface area contributed by atoms with Crippen molar-refractivity contribution in [2.24, 2.45) is 5.41 Å². The number of carbonyl (C=O) groups excluding carboxylic acids is 1. The summed E-state index contributed by atoms with van der Waals surface area (Å²) in [5, 5.41) is 15.0. The number of rotatable bonds is 3. The third-order valence-corrected chi connectivity index (χ3v) is 4.31. The Morgan fingerprint density at radius 1 is 1.21 bits per heavy atom. The van der Waals surface area contributed by atoms with Crippen molar-refractivity contribution in [1.82, 2.24) is 10.6 Å². The average Bonchev–Trinajstić information content (AvgIpc) is 2.73. The standard InChI is InChI=1S/C13H22N2O4/c1-13(11(16)17)6-2-3-10(13)15-12(18)14-9-4-7-19-8-5-9/h9-10H,2-8H2,1H3,(H,16,17)(H2,14,15,18).